The second-order valence-corrected chi connectivity index (χ2v) is 8.86. The Morgan fingerprint density at radius 2 is 1.85 bits per heavy atom. The second-order valence-electron chi connectivity index (χ2n) is 7.00. The van der Waals surface area contributed by atoms with Crippen molar-refractivity contribution in [2.75, 3.05) is 12.4 Å². The van der Waals surface area contributed by atoms with E-state index in [9.17, 15) is 8.42 Å². The SMILES string of the molecule is CNS(=O)(=O)c1cc(-c2ccc(N[C@H]3CCCC[C@H]3C)nn2)ccc1C. The molecule has 26 heavy (non-hydrogen) atoms. The molecule has 2 atom stereocenters. The van der Waals surface area contributed by atoms with Crippen molar-refractivity contribution in [3.8, 4) is 11.3 Å². The molecular weight excluding hydrogens is 348 g/mol. The maximum Gasteiger partial charge on any atom is 0.240 e. The summed E-state index contributed by atoms with van der Waals surface area (Å²) in [4.78, 5) is 0.262. The van der Waals surface area contributed by atoms with Crippen LogP contribution in [0.25, 0.3) is 11.3 Å². The molecule has 2 N–H and O–H groups in total. The van der Waals surface area contributed by atoms with E-state index in [0.29, 0.717) is 23.2 Å². The van der Waals surface area contributed by atoms with Gasteiger partial charge in [-0.2, -0.15) is 0 Å². The smallest absolute Gasteiger partial charge is 0.240 e. The number of sulfonamides is 1. The van der Waals surface area contributed by atoms with E-state index in [-0.39, 0.29) is 4.90 Å². The highest BCUT2D eigenvalue weighted by Gasteiger charge is 2.21. The Morgan fingerprint density at radius 3 is 2.50 bits per heavy atom. The molecular formula is C19H26N4O2S. The fourth-order valence-electron chi connectivity index (χ4n) is 3.44. The van der Waals surface area contributed by atoms with Crippen molar-refractivity contribution in [1.29, 1.82) is 0 Å². The minimum Gasteiger partial charge on any atom is -0.366 e. The third-order valence-corrected chi connectivity index (χ3v) is 6.71. The highest BCUT2D eigenvalue weighted by Crippen LogP contribution is 2.27. The summed E-state index contributed by atoms with van der Waals surface area (Å²) in [5.41, 5.74) is 2.08. The molecule has 1 saturated carbocycles. The van der Waals surface area contributed by atoms with Crippen LogP contribution in [0.15, 0.2) is 35.2 Å². The first-order valence-electron chi connectivity index (χ1n) is 9.05. The van der Waals surface area contributed by atoms with Crippen LogP contribution in [-0.4, -0.2) is 31.7 Å². The molecule has 2 aromatic rings. The van der Waals surface area contributed by atoms with E-state index in [1.165, 1.54) is 26.3 Å². The zero-order valence-corrected chi connectivity index (χ0v) is 16.3. The van der Waals surface area contributed by atoms with E-state index < -0.39 is 10.0 Å². The van der Waals surface area contributed by atoms with Crippen LogP contribution in [0.2, 0.25) is 0 Å². The molecule has 3 rings (SSSR count). The molecule has 0 aliphatic heterocycles. The lowest BCUT2D eigenvalue weighted by molar-refractivity contribution is 0.349. The summed E-state index contributed by atoms with van der Waals surface area (Å²) in [6, 6.07) is 9.53. The Balaban J connectivity index is 1.81. The Labute approximate surface area is 155 Å². The maximum absolute atomic E-state index is 12.2. The van der Waals surface area contributed by atoms with Crippen molar-refractivity contribution in [2.45, 2.75) is 50.5 Å². The fraction of sp³-hybridized carbons (Fsp3) is 0.474. The molecule has 0 amide bonds. The summed E-state index contributed by atoms with van der Waals surface area (Å²) in [5, 5.41) is 12.1. The number of aromatic nitrogens is 2. The molecule has 0 bridgehead atoms. The maximum atomic E-state index is 12.2. The molecule has 1 heterocycles. The van der Waals surface area contributed by atoms with Gasteiger partial charge in [-0.1, -0.05) is 31.9 Å². The molecule has 140 valence electrons. The number of hydrogen-bond acceptors (Lipinski definition) is 5. The van der Waals surface area contributed by atoms with Gasteiger partial charge in [0.25, 0.3) is 0 Å². The number of nitrogens with one attached hydrogen (secondary N) is 2. The highest BCUT2D eigenvalue weighted by atomic mass is 32.2. The zero-order chi connectivity index (χ0) is 18.7. The number of benzene rings is 1. The van der Waals surface area contributed by atoms with Crippen molar-refractivity contribution in [3.05, 3.63) is 35.9 Å². The molecule has 1 aliphatic rings. The highest BCUT2D eigenvalue weighted by molar-refractivity contribution is 7.89. The molecule has 1 aromatic carbocycles. The summed E-state index contributed by atoms with van der Waals surface area (Å²) in [5.74, 6) is 1.40. The van der Waals surface area contributed by atoms with Crippen molar-refractivity contribution >= 4 is 15.8 Å². The topological polar surface area (TPSA) is 84.0 Å². The van der Waals surface area contributed by atoms with Crippen LogP contribution < -0.4 is 10.0 Å². The van der Waals surface area contributed by atoms with Crippen LogP contribution in [0.3, 0.4) is 0 Å². The Morgan fingerprint density at radius 1 is 1.08 bits per heavy atom. The Kier molecular flexibility index (Phi) is 5.58. The first kappa shape index (κ1) is 18.8. The van der Waals surface area contributed by atoms with Gasteiger partial charge in [0, 0.05) is 11.6 Å². The van der Waals surface area contributed by atoms with Gasteiger partial charge in [-0.3, -0.25) is 0 Å². The van der Waals surface area contributed by atoms with E-state index >= 15 is 0 Å². The van der Waals surface area contributed by atoms with Gasteiger partial charge >= 0.3 is 0 Å². The van der Waals surface area contributed by atoms with Gasteiger partial charge in [0.1, 0.15) is 5.82 Å². The number of nitrogens with zero attached hydrogens (tertiary/aromatic N) is 2. The minimum atomic E-state index is -3.50. The lowest BCUT2D eigenvalue weighted by Crippen LogP contribution is -2.30. The molecule has 7 heteroatoms. The van der Waals surface area contributed by atoms with Crippen molar-refractivity contribution in [2.24, 2.45) is 5.92 Å². The van der Waals surface area contributed by atoms with Crippen LogP contribution in [-0.2, 0) is 10.0 Å². The van der Waals surface area contributed by atoms with Crippen molar-refractivity contribution < 1.29 is 8.42 Å². The number of hydrogen-bond donors (Lipinski definition) is 2. The number of rotatable bonds is 5. The van der Waals surface area contributed by atoms with Crippen LogP contribution in [0.4, 0.5) is 5.82 Å². The van der Waals surface area contributed by atoms with Gasteiger partial charge in [-0.05, 0) is 56.5 Å². The molecule has 1 fully saturated rings. The van der Waals surface area contributed by atoms with Gasteiger partial charge in [-0.15, -0.1) is 10.2 Å². The van der Waals surface area contributed by atoms with Gasteiger partial charge in [0.15, 0.2) is 0 Å². The molecule has 0 radical (unpaired) electrons. The Hall–Kier alpha value is -1.99. The van der Waals surface area contributed by atoms with Gasteiger partial charge < -0.3 is 5.32 Å². The zero-order valence-electron chi connectivity index (χ0n) is 15.5. The summed E-state index contributed by atoms with van der Waals surface area (Å²) >= 11 is 0. The average molecular weight is 375 g/mol. The lowest BCUT2D eigenvalue weighted by Gasteiger charge is -2.29. The summed E-state index contributed by atoms with van der Waals surface area (Å²) in [6.07, 6.45) is 4.96. The Bertz CT molecular complexity index is 866. The van der Waals surface area contributed by atoms with E-state index in [4.69, 9.17) is 0 Å². The molecule has 0 spiro atoms. The molecule has 1 aliphatic carbocycles. The second kappa shape index (κ2) is 7.72. The van der Waals surface area contributed by atoms with Crippen LogP contribution in [0, 0.1) is 12.8 Å². The normalized spacial score (nSPS) is 20.7. The predicted octanol–water partition coefficient (Wildman–Crippen LogP) is 3.35. The van der Waals surface area contributed by atoms with E-state index in [2.05, 4.69) is 27.2 Å². The number of aryl methyl sites for hydroxylation is 1. The molecule has 6 nitrogen and oxygen atoms in total. The largest absolute Gasteiger partial charge is 0.366 e. The van der Waals surface area contributed by atoms with Crippen LogP contribution in [0.1, 0.15) is 38.2 Å². The van der Waals surface area contributed by atoms with Crippen LogP contribution in [0.5, 0.6) is 0 Å². The van der Waals surface area contributed by atoms with Crippen molar-refractivity contribution in [3.63, 3.8) is 0 Å². The minimum absolute atomic E-state index is 0.262. The lowest BCUT2D eigenvalue weighted by atomic mass is 9.86. The summed E-state index contributed by atoms with van der Waals surface area (Å²) < 4.78 is 26.7. The van der Waals surface area contributed by atoms with Gasteiger partial charge in [0.05, 0.1) is 10.6 Å². The summed E-state index contributed by atoms with van der Waals surface area (Å²) in [6.45, 7) is 4.05. The third kappa shape index (κ3) is 4.04. The molecule has 1 aromatic heterocycles. The van der Waals surface area contributed by atoms with Gasteiger partial charge in [-0.25, -0.2) is 13.1 Å². The van der Waals surface area contributed by atoms with Crippen LogP contribution >= 0.6 is 0 Å². The van der Waals surface area contributed by atoms with Crippen molar-refractivity contribution in [1.82, 2.24) is 14.9 Å². The van der Waals surface area contributed by atoms with E-state index in [1.807, 2.05) is 18.2 Å². The first-order chi connectivity index (χ1) is 12.4. The van der Waals surface area contributed by atoms with Gasteiger partial charge in [0.2, 0.25) is 10.0 Å². The predicted molar refractivity (Wildman–Crippen MR) is 103 cm³/mol. The monoisotopic (exact) mass is 374 g/mol. The third-order valence-electron chi connectivity index (χ3n) is 5.15. The summed E-state index contributed by atoms with van der Waals surface area (Å²) in [7, 11) is -2.09. The standard InChI is InChI=1S/C19H26N4O2S/c1-13-6-4-5-7-16(13)21-19-11-10-17(22-23-19)15-9-8-14(2)18(12-15)26(24,25)20-3/h8-13,16,20H,4-7H2,1-3H3,(H,21,23)/t13-,16+/m1/s1. The fourth-order valence-corrected chi connectivity index (χ4v) is 4.44. The quantitative estimate of drug-likeness (QED) is 0.838. The van der Waals surface area contributed by atoms with E-state index in [1.54, 1.807) is 19.1 Å². The van der Waals surface area contributed by atoms with E-state index in [0.717, 1.165) is 17.8 Å². The molecule has 0 saturated heterocycles. The molecule has 0 unspecified atom stereocenters. The first-order valence-corrected chi connectivity index (χ1v) is 10.5. The number of anilines is 1. The average Bonchev–Trinajstić information content (AvgIpc) is 2.64.